The smallest absolute Gasteiger partial charge is 0.191 e. The Morgan fingerprint density at radius 1 is 1.58 bits per heavy atom. The van der Waals surface area contributed by atoms with Crippen LogP contribution >= 0.6 is 11.8 Å². The molecule has 0 saturated heterocycles. The van der Waals surface area contributed by atoms with Crippen molar-refractivity contribution in [2.24, 2.45) is 0 Å². The van der Waals surface area contributed by atoms with Crippen molar-refractivity contribution in [1.29, 1.82) is 0 Å². The molecule has 0 atom stereocenters. The summed E-state index contributed by atoms with van der Waals surface area (Å²) in [6, 6.07) is 0. The van der Waals surface area contributed by atoms with Gasteiger partial charge in [0.05, 0.1) is 11.9 Å². The summed E-state index contributed by atoms with van der Waals surface area (Å²) in [4.78, 5) is 4.04. The van der Waals surface area contributed by atoms with E-state index >= 15 is 0 Å². The minimum atomic E-state index is 0.765. The van der Waals surface area contributed by atoms with Crippen molar-refractivity contribution in [3.05, 3.63) is 17.8 Å². The van der Waals surface area contributed by atoms with Gasteiger partial charge in [0.15, 0.2) is 5.89 Å². The molecule has 12 heavy (non-hydrogen) atoms. The van der Waals surface area contributed by atoms with E-state index in [-0.39, 0.29) is 0 Å². The maximum absolute atomic E-state index is 5.33. The first-order valence-corrected chi connectivity index (χ1v) is 5.47. The van der Waals surface area contributed by atoms with E-state index in [4.69, 9.17) is 4.42 Å². The summed E-state index contributed by atoms with van der Waals surface area (Å²) in [6.07, 6.45) is 4.37. The highest BCUT2D eigenvalue weighted by atomic mass is 32.2. The summed E-state index contributed by atoms with van der Waals surface area (Å²) in [5.41, 5.74) is 0. The van der Waals surface area contributed by atoms with Crippen molar-refractivity contribution >= 4 is 11.8 Å². The topological polar surface area (TPSA) is 26.0 Å². The van der Waals surface area contributed by atoms with Crippen molar-refractivity contribution in [3.63, 3.8) is 0 Å². The number of hydrogen-bond donors (Lipinski definition) is 0. The maximum Gasteiger partial charge on any atom is 0.191 e. The Morgan fingerprint density at radius 2 is 2.42 bits per heavy atom. The lowest BCUT2D eigenvalue weighted by Crippen LogP contribution is -1.79. The van der Waals surface area contributed by atoms with Gasteiger partial charge < -0.3 is 4.42 Å². The fourth-order valence-corrected chi connectivity index (χ4v) is 1.86. The number of aromatic nitrogens is 1. The van der Waals surface area contributed by atoms with Gasteiger partial charge >= 0.3 is 0 Å². The molecular formula is C9H15NOS. The summed E-state index contributed by atoms with van der Waals surface area (Å²) in [5.74, 6) is 3.94. The van der Waals surface area contributed by atoms with E-state index in [1.807, 2.05) is 24.9 Å². The molecule has 0 spiro atoms. The number of oxazole rings is 1. The summed E-state index contributed by atoms with van der Waals surface area (Å²) in [6.45, 7) is 4.08. The monoisotopic (exact) mass is 185 g/mol. The number of nitrogens with zero attached hydrogens (tertiary/aromatic N) is 1. The Morgan fingerprint density at radius 3 is 3.00 bits per heavy atom. The molecule has 1 aromatic rings. The number of hydrogen-bond acceptors (Lipinski definition) is 3. The number of unbranched alkanes of at least 4 members (excludes halogenated alkanes) is 1. The van der Waals surface area contributed by atoms with Crippen molar-refractivity contribution in [2.75, 3.05) is 5.75 Å². The van der Waals surface area contributed by atoms with Crippen molar-refractivity contribution in [3.8, 4) is 0 Å². The van der Waals surface area contributed by atoms with E-state index < -0.39 is 0 Å². The van der Waals surface area contributed by atoms with Crippen LogP contribution in [0.3, 0.4) is 0 Å². The van der Waals surface area contributed by atoms with Crippen LogP contribution in [0.2, 0.25) is 0 Å². The summed E-state index contributed by atoms with van der Waals surface area (Å²) < 4.78 is 5.33. The highest BCUT2D eigenvalue weighted by Gasteiger charge is 1.98. The third-order valence-electron chi connectivity index (χ3n) is 1.56. The molecule has 0 amide bonds. The van der Waals surface area contributed by atoms with Gasteiger partial charge in [0.1, 0.15) is 5.76 Å². The molecule has 0 unspecified atom stereocenters. The van der Waals surface area contributed by atoms with E-state index in [1.165, 1.54) is 18.6 Å². The molecule has 2 nitrogen and oxygen atoms in total. The summed E-state index contributed by atoms with van der Waals surface area (Å²) in [7, 11) is 0. The first-order valence-electron chi connectivity index (χ1n) is 4.32. The van der Waals surface area contributed by atoms with Gasteiger partial charge in [-0.3, -0.25) is 0 Å². The third kappa shape index (κ3) is 3.30. The van der Waals surface area contributed by atoms with Crippen molar-refractivity contribution < 1.29 is 4.42 Å². The normalized spacial score (nSPS) is 10.5. The second-order valence-electron chi connectivity index (χ2n) is 2.75. The number of rotatable bonds is 5. The Labute approximate surface area is 77.8 Å². The molecule has 0 radical (unpaired) electrons. The second-order valence-corrected chi connectivity index (χ2v) is 3.86. The fraction of sp³-hybridized carbons (Fsp3) is 0.667. The van der Waals surface area contributed by atoms with Crippen LogP contribution in [0.4, 0.5) is 0 Å². The molecule has 1 rings (SSSR count). The highest BCUT2D eigenvalue weighted by Crippen LogP contribution is 2.14. The van der Waals surface area contributed by atoms with Gasteiger partial charge in [-0.1, -0.05) is 13.3 Å². The Bertz CT molecular complexity index is 222. The molecule has 68 valence electrons. The third-order valence-corrected chi connectivity index (χ3v) is 2.62. The molecule has 0 bridgehead atoms. The molecule has 1 heterocycles. The molecule has 1 aromatic heterocycles. The lowest BCUT2D eigenvalue weighted by Gasteiger charge is -1.95. The van der Waals surface area contributed by atoms with Gasteiger partial charge in [-0.25, -0.2) is 4.98 Å². The maximum atomic E-state index is 5.33. The first kappa shape index (κ1) is 9.65. The molecule has 0 fully saturated rings. The van der Waals surface area contributed by atoms with Gasteiger partial charge in [0, 0.05) is 6.92 Å². The number of aryl methyl sites for hydroxylation is 1. The van der Waals surface area contributed by atoms with Crippen LogP contribution in [0.1, 0.15) is 31.4 Å². The lowest BCUT2D eigenvalue weighted by atomic mass is 10.4. The zero-order valence-corrected chi connectivity index (χ0v) is 8.49. The molecule has 0 N–H and O–H groups in total. The zero-order valence-electron chi connectivity index (χ0n) is 7.67. The van der Waals surface area contributed by atoms with Gasteiger partial charge in [-0.05, 0) is 12.2 Å². The standard InChI is InChI=1S/C9H15NOS/c1-3-4-5-12-7-9-6-10-8(2)11-9/h6H,3-5,7H2,1-2H3. The Hall–Kier alpha value is -0.440. The van der Waals surface area contributed by atoms with Crippen LogP contribution < -0.4 is 0 Å². The van der Waals surface area contributed by atoms with Crippen LogP contribution in [-0.4, -0.2) is 10.7 Å². The molecular weight excluding hydrogens is 170 g/mol. The molecule has 3 heteroatoms. The average Bonchev–Trinajstić information content (AvgIpc) is 2.45. The van der Waals surface area contributed by atoms with Gasteiger partial charge in [-0.15, -0.1) is 0 Å². The van der Waals surface area contributed by atoms with Crippen molar-refractivity contribution in [2.45, 2.75) is 32.4 Å². The number of thioether (sulfide) groups is 1. The van der Waals surface area contributed by atoms with Gasteiger partial charge in [0.2, 0.25) is 0 Å². The predicted octanol–water partition coefficient (Wildman–Crippen LogP) is 3.02. The Kier molecular flexibility index (Phi) is 4.22. The SMILES string of the molecule is CCCCSCc1cnc(C)o1. The minimum Gasteiger partial charge on any atom is -0.445 e. The second kappa shape index (κ2) is 5.25. The van der Waals surface area contributed by atoms with Gasteiger partial charge in [0.25, 0.3) is 0 Å². The van der Waals surface area contributed by atoms with Crippen LogP contribution in [0.25, 0.3) is 0 Å². The van der Waals surface area contributed by atoms with E-state index in [0.717, 1.165) is 17.4 Å². The van der Waals surface area contributed by atoms with Crippen LogP contribution in [0.15, 0.2) is 10.6 Å². The van der Waals surface area contributed by atoms with Gasteiger partial charge in [-0.2, -0.15) is 11.8 Å². The largest absolute Gasteiger partial charge is 0.445 e. The minimum absolute atomic E-state index is 0.765. The van der Waals surface area contributed by atoms with E-state index in [9.17, 15) is 0 Å². The van der Waals surface area contributed by atoms with E-state index in [2.05, 4.69) is 11.9 Å². The Balaban J connectivity index is 2.15. The molecule has 0 aliphatic rings. The highest BCUT2D eigenvalue weighted by molar-refractivity contribution is 7.98. The quantitative estimate of drug-likeness (QED) is 0.659. The summed E-state index contributed by atoms with van der Waals surface area (Å²) >= 11 is 1.91. The zero-order chi connectivity index (χ0) is 8.81. The molecule has 0 aliphatic carbocycles. The molecule has 0 aromatic carbocycles. The average molecular weight is 185 g/mol. The van der Waals surface area contributed by atoms with Crippen LogP contribution in [0.5, 0.6) is 0 Å². The summed E-state index contributed by atoms with van der Waals surface area (Å²) in [5, 5.41) is 0. The lowest BCUT2D eigenvalue weighted by molar-refractivity contribution is 0.491. The van der Waals surface area contributed by atoms with E-state index in [1.54, 1.807) is 0 Å². The predicted molar refractivity (Wildman–Crippen MR) is 52.3 cm³/mol. The molecule has 0 saturated carbocycles. The van der Waals surface area contributed by atoms with Crippen LogP contribution in [-0.2, 0) is 5.75 Å². The van der Waals surface area contributed by atoms with Crippen molar-refractivity contribution in [1.82, 2.24) is 4.98 Å². The first-order chi connectivity index (χ1) is 5.83. The fourth-order valence-electron chi connectivity index (χ4n) is 0.891. The van der Waals surface area contributed by atoms with E-state index in [0.29, 0.717) is 0 Å². The molecule has 0 aliphatic heterocycles. The van der Waals surface area contributed by atoms with Crippen LogP contribution in [0, 0.1) is 6.92 Å².